The number of likely N-dealkylation sites (tertiary alicyclic amines) is 1. The van der Waals surface area contributed by atoms with Crippen molar-refractivity contribution in [2.24, 2.45) is 11.8 Å². The van der Waals surface area contributed by atoms with Gasteiger partial charge in [0, 0.05) is 0 Å². The van der Waals surface area contributed by atoms with Crippen molar-refractivity contribution in [3.05, 3.63) is 24.2 Å². The molecule has 5 heteroatoms. The number of furan rings is 1. The fourth-order valence-electron chi connectivity index (χ4n) is 3.49. The molecule has 4 atom stereocenters. The second kappa shape index (κ2) is 3.45. The van der Waals surface area contributed by atoms with Crippen molar-refractivity contribution < 1.29 is 18.7 Å². The van der Waals surface area contributed by atoms with Crippen molar-refractivity contribution >= 4 is 11.8 Å². The lowest BCUT2D eigenvalue weighted by molar-refractivity contribution is -0.143. The summed E-state index contributed by atoms with van der Waals surface area (Å²) in [5.41, 5.74) is 0. The third-order valence-corrected chi connectivity index (χ3v) is 4.27. The van der Waals surface area contributed by atoms with Crippen LogP contribution in [0.5, 0.6) is 0 Å². The molecule has 5 nitrogen and oxygen atoms in total. The molecule has 0 unspecified atom stereocenters. The van der Waals surface area contributed by atoms with Gasteiger partial charge in [0.25, 0.3) is 0 Å². The first-order valence-corrected chi connectivity index (χ1v) is 6.29. The number of rotatable bonds is 2. The molecule has 2 bridgehead atoms. The molecule has 1 aromatic heterocycles. The number of imide groups is 1. The summed E-state index contributed by atoms with van der Waals surface area (Å²) < 4.78 is 10.9. The number of fused-ring (bicyclic) bond motifs is 5. The van der Waals surface area contributed by atoms with Crippen LogP contribution in [-0.2, 0) is 20.9 Å². The lowest BCUT2D eigenvalue weighted by Crippen LogP contribution is -2.33. The van der Waals surface area contributed by atoms with Gasteiger partial charge in [-0.3, -0.25) is 14.5 Å². The van der Waals surface area contributed by atoms with Crippen LogP contribution in [0.4, 0.5) is 0 Å². The fraction of sp³-hybridized carbons (Fsp3) is 0.538. The highest BCUT2D eigenvalue weighted by Crippen LogP contribution is 2.48. The monoisotopic (exact) mass is 247 g/mol. The van der Waals surface area contributed by atoms with Gasteiger partial charge in [-0.05, 0) is 25.0 Å². The topological polar surface area (TPSA) is 59.8 Å². The fourth-order valence-corrected chi connectivity index (χ4v) is 3.49. The normalized spacial score (nSPS) is 37.7. The second-order valence-corrected chi connectivity index (χ2v) is 5.18. The SMILES string of the molecule is O=C1[C@@H]2[C@H](C(=O)N1Cc1ccco1)[C@@H]1CC[C@@H]2O1. The molecule has 0 saturated carbocycles. The van der Waals surface area contributed by atoms with Crippen LogP contribution in [0.1, 0.15) is 18.6 Å². The van der Waals surface area contributed by atoms with Crippen molar-refractivity contribution in [1.82, 2.24) is 4.90 Å². The van der Waals surface area contributed by atoms with Gasteiger partial charge in [0.1, 0.15) is 5.76 Å². The van der Waals surface area contributed by atoms with Gasteiger partial charge in [0.2, 0.25) is 11.8 Å². The van der Waals surface area contributed by atoms with Crippen LogP contribution < -0.4 is 0 Å². The van der Waals surface area contributed by atoms with E-state index in [2.05, 4.69) is 0 Å². The van der Waals surface area contributed by atoms with E-state index in [0.29, 0.717) is 5.76 Å². The number of hydrogen-bond acceptors (Lipinski definition) is 4. The van der Waals surface area contributed by atoms with Crippen LogP contribution in [-0.4, -0.2) is 28.9 Å². The first-order valence-electron chi connectivity index (χ1n) is 6.29. The van der Waals surface area contributed by atoms with Crippen LogP contribution in [0.2, 0.25) is 0 Å². The van der Waals surface area contributed by atoms with Crippen LogP contribution in [0.25, 0.3) is 0 Å². The average molecular weight is 247 g/mol. The highest BCUT2D eigenvalue weighted by Gasteiger charge is 2.62. The Bertz CT molecular complexity index is 481. The summed E-state index contributed by atoms with van der Waals surface area (Å²) in [5.74, 6) is -0.0236. The maximum atomic E-state index is 12.3. The van der Waals surface area contributed by atoms with E-state index in [1.165, 1.54) is 4.90 Å². The van der Waals surface area contributed by atoms with E-state index < -0.39 is 0 Å². The average Bonchev–Trinajstić information content (AvgIpc) is 3.10. The van der Waals surface area contributed by atoms with Gasteiger partial charge in [-0.2, -0.15) is 0 Å². The Balaban J connectivity index is 1.63. The van der Waals surface area contributed by atoms with Gasteiger partial charge in [-0.25, -0.2) is 0 Å². The number of carbonyl (C=O) groups excluding carboxylic acids is 2. The van der Waals surface area contributed by atoms with E-state index in [-0.39, 0.29) is 42.4 Å². The third kappa shape index (κ3) is 1.20. The summed E-state index contributed by atoms with van der Waals surface area (Å²) >= 11 is 0. The third-order valence-electron chi connectivity index (χ3n) is 4.27. The number of nitrogens with zero attached hydrogens (tertiary/aromatic N) is 1. The highest BCUT2D eigenvalue weighted by atomic mass is 16.5. The van der Waals surface area contributed by atoms with E-state index in [9.17, 15) is 9.59 Å². The molecule has 0 N–H and O–H groups in total. The van der Waals surface area contributed by atoms with Crippen molar-refractivity contribution in [1.29, 1.82) is 0 Å². The smallest absolute Gasteiger partial charge is 0.236 e. The molecule has 0 aromatic carbocycles. The summed E-state index contributed by atoms with van der Waals surface area (Å²) in [6, 6.07) is 3.54. The summed E-state index contributed by atoms with van der Waals surface area (Å²) in [4.78, 5) is 25.9. The molecule has 0 spiro atoms. The maximum Gasteiger partial charge on any atom is 0.236 e. The molecule has 94 valence electrons. The molecule has 3 aliphatic rings. The minimum Gasteiger partial charge on any atom is -0.467 e. The number of hydrogen-bond donors (Lipinski definition) is 0. The zero-order chi connectivity index (χ0) is 12.3. The number of ether oxygens (including phenoxy) is 1. The molecule has 3 saturated heterocycles. The minimum atomic E-state index is -0.244. The number of carbonyl (C=O) groups is 2. The van der Waals surface area contributed by atoms with Gasteiger partial charge in [-0.15, -0.1) is 0 Å². The molecular formula is C13H13NO4. The predicted molar refractivity (Wildman–Crippen MR) is 59.1 cm³/mol. The summed E-state index contributed by atoms with van der Waals surface area (Å²) in [6.45, 7) is 0.247. The maximum absolute atomic E-state index is 12.3. The van der Waals surface area contributed by atoms with Gasteiger partial charge < -0.3 is 9.15 Å². The Morgan fingerprint density at radius 1 is 1.17 bits per heavy atom. The summed E-state index contributed by atoms with van der Waals surface area (Å²) in [5, 5.41) is 0. The highest BCUT2D eigenvalue weighted by molar-refractivity contribution is 6.06. The molecule has 1 aromatic rings. The minimum absolute atomic E-state index is 0.0435. The van der Waals surface area contributed by atoms with E-state index in [4.69, 9.17) is 9.15 Å². The molecule has 4 heterocycles. The van der Waals surface area contributed by atoms with Crippen molar-refractivity contribution in [3.8, 4) is 0 Å². The molecular weight excluding hydrogens is 234 g/mol. The van der Waals surface area contributed by atoms with Crippen LogP contribution in [0, 0.1) is 11.8 Å². The summed E-state index contributed by atoms with van der Waals surface area (Å²) in [7, 11) is 0. The van der Waals surface area contributed by atoms with E-state index >= 15 is 0 Å². The van der Waals surface area contributed by atoms with E-state index in [0.717, 1.165) is 12.8 Å². The zero-order valence-corrected chi connectivity index (χ0v) is 9.74. The Kier molecular flexibility index (Phi) is 1.97. The molecule has 2 amide bonds. The van der Waals surface area contributed by atoms with E-state index in [1.54, 1.807) is 18.4 Å². The van der Waals surface area contributed by atoms with E-state index in [1.807, 2.05) is 0 Å². The Morgan fingerprint density at radius 2 is 1.83 bits per heavy atom. The Labute approximate surface area is 104 Å². The van der Waals surface area contributed by atoms with Crippen LogP contribution in [0.15, 0.2) is 22.8 Å². The Hall–Kier alpha value is -1.62. The predicted octanol–water partition coefficient (Wildman–Crippen LogP) is 0.942. The van der Waals surface area contributed by atoms with Crippen LogP contribution in [0.3, 0.4) is 0 Å². The lowest BCUT2D eigenvalue weighted by Gasteiger charge is -2.15. The lowest BCUT2D eigenvalue weighted by atomic mass is 9.81. The second-order valence-electron chi connectivity index (χ2n) is 5.18. The molecule has 18 heavy (non-hydrogen) atoms. The quantitative estimate of drug-likeness (QED) is 0.730. The van der Waals surface area contributed by atoms with Crippen molar-refractivity contribution in [3.63, 3.8) is 0 Å². The van der Waals surface area contributed by atoms with Crippen LogP contribution >= 0.6 is 0 Å². The standard InChI is InChI=1S/C13H13NO4/c15-12-10-8-3-4-9(18-8)11(10)13(16)14(12)6-7-2-1-5-17-7/h1-2,5,8-11H,3-4,6H2/t8-,9-,10-,11+/m0/s1. The molecule has 3 aliphatic heterocycles. The molecule has 0 radical (unpaired) electrons. The zero-order valence-electron chi connectivity index (χ0n) is 9.74. The first-order chi connectivity index (χ1) is 8.75. The summed E-state index contributed by atoms with van der Waals surface area (Å²) in [6.07, 6.45) is 3.27. The van der Waals surface area contributed by atoms with Crippen molar-refractivity contribution in [2.75, 3.05) is 0 Å². The number of amides is 2. The van der Waals surface area contributed by atoms with Gasteiger partial charge in [0.15, 0.2) is 0 Å². The van der Waals surface area contributed by atoms with Crippen molar-refractivity contribution in [2.45, 2.75) is 31.6 Å². The Morgan fingerprint density at radius 3 is 2.39 bits per heavy atom. The molecule has 4 rings (SSSR count). The largest absolute Gasteiger partial charge is 0.467 e. The van der Waals surface area contributed by atoms with Gasteiger partial charge >= 0.3 is 0 Å². The molecule has 3 fully saturated rings. The molecule has 0 aliphatic carbocycles. The van der Waals surface area contributed by atoms with Gasteiger partial charge in [-0.1, -0.05) is 0 Å². The first kappa shape index (κ1) is 10.3. The van der Waals surface area contributed by atoms with Gasteiger partial charge in [0.05, 0.1) is 36.9 Å².